The molecule has 1 aliphatic heterocycles. The molecule has 0 aliphatic carbocycles. The van der Waals surface area contributed by atoms with Gasteiger partial charge in [0.2, 0.25) is 11.8 Å². The summed E-state index contributed by atoms with van der Waals surface area (Å²) < 4.78 is 2.01. The minimum absolute atomic E-state index is 0.0183. The molecule has 5 rings (SSSR count). The fraction of sp³-hybridized carbons (Fsp3) is 0.160. The van der Waals surface area contributed by atoms with Gasteiger partial charge in [0.25, 0.3) is 0 Å². The van der Waals surface area contributed by atoms with Crippen molar-refractivity contribution in [2.75, 3.05) is 22.5 Å². The summed E-state index contributed by atoms with van der Waals surface area (Å²) in [6.07, 6.45) is 2.13. The van der Waals surface area contributed by atoms with Crippen molar-refractivity contribution in [3.8, 4) is 5.69 Å². The Balaban J connectivity index is 1.19. The summed E-state index contributed by atoms with van der Waals surface area (Å²) in [5.74, 6) is 0.683. The van der Waals surface area contributed by atoms with Crippen LogP contribution < -0.4 is 10.2 Å². The minimum Gasteiger partial charge on any atom is -0.326 e. The fourth-order valence-electron chi connectivity index (χ4n) is 3.88. The van der Waals surface area contributed by atoms with Gasteiger partial charge < -0.3 is 10.2 Å². The van der Waals surface area contributed by atoms with E-state index in [1.807, 2.05) is 77.4 Å². The number of nitrogens with one attached hydrogen (secondary N) is 1. The third-order valence-corrected chi connectivity index (χ3v) is 6.52. The van der Waals surface area contributed by atoms with Crippen molar-refractivity contribution >= 4 is 46.0 Å². The number of imidazole rings is 1. The van der Waals surface area contributed by atoms with Gasteiger partial charge in [0.05, 0.1) is 16.7 Å². The molecule has 0 spiro atoms. The lowest BCUT2D eigenvalue weighted by molar-refractivity contribution is -0.122. The Kier molecular flexibility index (Phi) is 5.64. The predicted octanol–water partition coefficient (Wildman–Crippen LogP) is 4.88. The number of para-hydroxylation sites is 3. The summed E-state index contributed by atoms with van der Waals surface area (Å²) in [4.78, 5) is 32.5. The number of hydrogen-bond acceptors (Lipinski definition) is 4. The van der Waals surface area contributed by atoms with Crippen LogP contribution in [0.3, 0.4) is 0 Å². The highest BCUT2D eigenvalue weighted by molar-refractivity contribution is 7.99. The molecule has 0 fully saturated rings. The van der Waals surface area contributed by atoms with Gasteiger partial charge in [0.15, 0.2) is 0 Å². The minimum atomic E-state index is -0.168. The monoisotopic (exact) mass is 442 g/mol. The maximum absolute atomic E-state index is 12.7. The Bertz CT molecular complexity index is 1280. The average molecular weight is 443 g/mol. The van der Waals surface area contributed by atoms with E-state index in [0.717, 1.165) is 33.1 Å². The van der Waals surface area contributed by atoms with E-state index in [1.165, 1.54) is 0 Å². The van der Waals surface area contributed by atoms with Crippen LogP contribution in [0.15, 0.2) is 84.0 Å². The van der Waals surface area contributed by atoms with Crippen LogP contribution >= 0.6 is 11.8 Å². The van der Waals surface area contributed by atoms with E-state index in [0.29, 0.717) is 12.2 Å². The van der Waals surface area contributed by atoms with Crippen LogP contribution in [0.2, 0.25) is 0 Å². The SMILES string of the molecule is O=C(CCC(=O)N1CCSc2ccccc21)Nc1ccc(-n2cnc3ccccc32)cc1. The number of nitrogens with zero attached hydrogens (tertiary/aromatic N) is 3. The Morgan fingerprint density at radius 3 is 2.59 bits per heavy atom. The lowest BCUT2D eigenvalue weighted by Crippen LogP contribution is -2.35. The smallest absolute Gasteiger partial charge is 0.227 e. The molecule has 7 heteroatoms. The number of carbonyl (C=O) groups excluding carboxylic acids is 2. The number of rotatable bonds is 5. The lowest BCUT2D eigenvalue weighted by Gasteiger charge is -2.29. The lowest BCUT2D eigenvalue weighted by atomic mass is 10.2. The molecule has 0 bridgehead atoms. The molecule has 160 valence electrons. The summed E-state index contributed by atoms with van der Waals surface area (Å²) in [7, 11) is 0. The molecule has 1 aliphatic rings. The van der Waals surface area contributed by atoms with Crippen LogP contribution in [0, 0.1) is 0 Å². The summed E-state index contributed by atoms with van der Waals surface area (Å²) in [6.45, 7) is 0.673. The first-order valence-corrected chi connectivity index (χ1v) is 11.5. The number of thioether (sulfide) groups is 1. The van der Waals surface area contributed by atoms with E-state index in [-0.39, 0.29) is 24.7 Å². The molecule has 2 amide bonds. The van der Waals surface area contributed by atoms with Crippen LogP contribution in [-0.4, -0.2) is 33.7 Å². The van der Waals surface area contributed by atoms with Crippen molar-refractivity contribution in [2.45, 2.75) is 17.7 Å². The molecule has 0 atom stereocenters. The van der Waals surface area contributed by atoms with Gasteiger partial charge >= 0.3 is 0 Å². The molecule has 3 aromatic carbocycles. The summed E-state index contributed by atoms with van der Waals surface area (Å²) >= 11 is 1.76. The molecule has 1 N–H and O–H groups in total. The van der Waals surface area contributed by atoms with Gasteiger partial charge in [-0.2, -0.15) is 0 Å². The largest absolute Gasteiger partial charge is 0.326 e. The van der Waals surface area contributed by atoms with E-state index in [2.05, 4.69) is 10.3 Å². The number of anilines is 2. The number of hydrogen-bond donors (Lipinski definition) is 1. The van der Waals surface area contributed by atoms with Gasteiger partial charge in [-0.05, 0) is 48.5 Å². The zero-order chi connectivity index (χ0) is 21.9. The van der Waals surface area contributed by atoms with Crippen LogP contribution in [0.25, 0.3) is 16.7 Å². The second-order valence-corrected chi connectivity index (χ2v) is 8.70. The first-order chi connectivity index (χ1) is 15.7. The highest BCUT2D eigenvalue weighted by Crippen LogP contribution is 2.34. The van der Waals surface area contributed by atoms with Crippen molar-refractivity contribution in [1.29, 1.82) is 0 Å². The first-order valence-electron chi connectivity index (χ1n) is 10.5. The van der Waals surface area contributed by atoms with Crippen molar-refractivity contribution in [3.63, 3.8) is 0 Å². The topological polar surface area (TPSA) is 67.2 Å². The van der Waals surface area contributed by atoms with E-state index in [1.54, 1.807) is 23.0 Å². The normalized spacial score (nSPS) is 13.1. The Hall–Kier alpha value is -3.58. The third kappa shape index (κ3) is 4.11. The summed E-state index contributed by atoms with van der Waals surface area (Å²) in [5.41, 5.74) is 4.57. The molecule has 32 heavy (non-hydrogen) atoms. The van der Waals surface area contributed by atoms with Gasteiger partial charge in [-0.15, -0.1) is 11.8 Å². The molecule has 0 saturated heterocycles. The van der Waals surface area contributed by atoms with E-state index in [9.17, 15) is 9.59 Å². The Morgan fingerprint density at radius 1 is 0.938 bits per heavy atom. The van der Waals surface area contributed by atoms with Crippen molar-refractivity contribution in [2.24, 2.45) is 0 Å². The second kappa shape index (κ2) is 8.88. The Morgan fingerprint density at radius 2 is 1.72 bits per heavy atom. The van der Waals surface area contributed by atoms with E-state index < -0.39 is 0 Å². The number of amides is 2. The highest BCUT2D eigenvalue weighted by atomic mass is 32.2. The Labute approximate surface area is 190 Å². The van der Waals surface area contributed by atoms with Gasteiger partial charge in [-0.3, -0.25) is 14.2 Å². The van der Waals surface area contributed by atoms with Gasteiger partial charge in [0.1, 0.15) is 6.33 Å². The summed E-state index contributed by atoms with van der Waals surface area (Å²) in [5, 5.41) is 2.89. The number of aromatic nitrogens is 2. The zero-order valence-corrected chi connectivity index (χ0v) is 18.2. The van der Waals surface area contributed by atoms with Crippen LogP contribution in [-0.2, 0) is 9.59 Å². The van der Waals surface area contributed by atoms with E-state index >= 15 is 0 Å². The maximum Gasteiger partial charge on any atom is 0.227 e. The van der Waals surface area contributed by atoms with Crippen molar-refractivity contribution in [1.82, 2.24) is 9.55 Å². The number of fused-ring (bicyclic) bond motifs is 2. The first kappa shape index (κ1) is 20.3. The molecule has 2 heterocycles. The molecular formula is C25H22N4O2S. The standard InChI is InChI=1S/C25H22N4O2S/c30-24(13-14-25(31)28-15-16-32-23-8-4-3-7-22(23)28)27-18-9-11-19(12-10-18)29-17-26-20-5-1-2-6-21(20)29/h1-12,17H,13-16H2,(H,27,30). The second-order valence-electron chi connectivity index (χ2n) is 7.56. The van der Waals surface area contributed by atoms with Crippen LogP contribution in [0.4, 0.5) is 11.4 Å². The van der Waals surface area contributed by atoms with Crippen molar-refractivity contribution < 1.29 is 9.59 Å². The van der Waals surface area contributed by atoms with Crippen LogP contribution in [0.1, 0.15) is 12.8 Å². The zero-order valence-electron chi connectivity index (χ0n) is 17.4. The third-order valence-electron chi connectivity index (χ3n) is 5.48. The maximum atomic E-state index is 12.7. The van der Waals surface area contributed by atoms with Crippen molar-refractivity contribution in [3.05, 3.63) is 79.1 Å². The molecular weight excluding hydrogens is 420 g/mol. The van der Waals surface area contributed by atoms with Crippen LogP contribution in [0.5, 0.6) is 0 Å². The molecule has 1 aromatic heterocycles. The molecule has 6 nitrogen and oxygen atoms in total. The molecule has 0 unspecified atom stereocenters. The fourth-order valence-corrected chi connectivity index (χ4v) is 4.87. The van der Waals surface area contributed by atoms with Gasteiger partial charge in [0, 0.05) is 41.4 Å². The van der Waals surface area contributed by atoms with E-state index in [4.69, 9.17) is 0 Å². The molecule has 4 aromatic rings. The molecule has 0 saturated carbocycles. The average Bonchev–Trinajstić information content (AvgIpc) is 3.27. The quantitative estimate of drug-likeness (QED) is 0.478. The predicted molar refractivity (Wildman–Crippen MR) is 128 cm³/mol. The number of benzene rings is 3. The van der Waals surface area contributed by atoms with Gasteiger partial charge in [-0.1, -0.05) is 24.3 Å². The highest BCUT2D eigenvalue weighted by Gasteiger charge is 2.22. The summed E-state index contributed by atoms with van der Waals surface area (Å²) in [6, 6.07) is 23.5. The molecule has 0 radical (unpaired) electrons. The number of carbonyl (C=O) groups is 2. The van der Waals surface area contributed by atoms with Gasteiger partial charge in [-0.25, -0.2) is 4.98 Å².